The van der Waals surface area contributed by atoms with Gasteiger partial charge in [0.05, 0.1) is 0 Å². The van der Waals surface area contributed by atoms with Crippen LogP contribution in [0.5, 0.6) is 0 Å². The molecule has 0 aromatic heterocycles. The van der Waals surface area contributed by atoms with Gasteiger partial charge in [0, 0.05) is 26.2 Å². The highest BCUT2D eigenvalue weighted by Crippen LogP contribution is 2.13. The minimum atomic E-state index is -0.722. The molecule has 17 heavy (non-hydrogen) atoms. The number of carbonyl (C=O) groups is 1. The van der Waals surface area contributed by atoms with Gasteiger partial charge >= 0.3 is 0 Å². The molecule has 1 N–H and O–H groups in total. The molecule has 1 saturated heterocycles. The maximum atomic E-state index is 11.9. The summed E-state index contributed by atoms with van der Waals surface area (Å²) in [6, 6.07) is 0.310. The molecule has 0 aliphatic carbocycles. The molecule has 100 valence electrons. The highest BCUT2D eigenvalue weighted by molar-refractivity contribution is 5.84. The van der Waals surface area contributed by atoms with Crippen LogP contribution in [-0.4, -0.2) is 49.2 Å². The Hall–Kier alpha value is -0.610. The zero-order chi connectivity index (χ0) is 12.9. The normalized spacial score (nSPS) is 19.3. The fourth-order valence-electron chi connectivity index (χ4n) is 2.07. The lowest BCUT2D eigenvalue weighted by molar-refractivity contribution is -0.140. The van der Waals surface area contributed by atoms with Crippen LogP contribution in [0.4, 0.5) is 0 Å². The Labute approximate surface area is 105 Å². The second kappa shape index (κ2) is 6.36. The second-order valence-corrected chi connectivity index (χ2v) is 5.30. The number of ether oxygens (including phenoxy) is 1. The quantitative estimate of drug-likeness (QED) is 0.792. The van der Waals surface area contributed by atoms with E-state index in [9.17, 15) is 4.79 Å². The smallest absolute Gasteiger partial charge is 0.251 e. The zero-order valence-corrected chi connectivity index (χ0v) is 11.6. The topological polar surface area (TPSA) is 41.6 Å². The Morgan fingerprint density at radius 2 is 2.00 bits per heavy atom. The van der Waals surface area contributed by atoms with E-state index in [4.69, 9.17) is 4.74 Å². The van der Waals surface area contributed by atoms with Crippen molar-refractivity contribution in [2.75, 3.05) is 26.7 Å². The number of piperidine rings is 1. The molecule has 1 aliphatic heterocycles. The molecule has 0 unspecified atom stereocenters. The summed E-state index contributed by atoms with van der Waals surface area (Å²) in [5, 5.41) is 3.08. The van der Waals surface area contributed by atoms with Gasteiger partial charge in [-0.25, -0.2) is 0 Å². The van der Waals surface area contributed by atoms with Gasteiger partial charge in [-0.2, -0.15) is 0 Å². The van der Waals surface area contributed by atoms with Crippen molar-refractivity contribution < 1.29 is 9.53 Å². The second-order valence-electron chi connectivity index (χ2n) is 5.30. The molecule has 1 amide bonds. The lowest BCUT2D eigenvalue weighted by atomic mass is 10.0. The van der Waals surface area contributed by atoms with E-state index >= 15 is 0 Å². The molecule has 0 bridgehead atoms. The first kappa shape index (κ1) is 14.5. The molecule has 4 nitrogen and oxygen atoms in total. The predicted molar refractivity (Wildman–Crippen MR) is 69.0 cm³/mol. The fraction of sp³-hybridized carbons (Fsp3) is 0.923. The maximum absolute atomic E-state index is 11.9. The van der Waals surface area contributed by atoms with E-state index in [1.54, 1.807) is 21.0 Å². The predicted octanol–water partition coefficient (Wildman–Crippen LogP) is 1.40. The summed E-state index contributed by atoms with van der Waals surface area (Å²) in [5.41, 5.74) is -0.722. The van der Waals surface area contributed by atoms with Gasteiger partial charge in [0.1, 0.15) is 5.60 Å². The third-order valence-corrected chi connectivity index (χ3v) is 3.52. The van der Waals surface area contributed by atoms with Crippen LogP contribution < -0.4 is 5.32 Å². The van der Waals surface area contributed by atoms with Crippen LogP contribution in [0, 0.1) is 0 Å². The van der Waals surface area contributed by atoms with Gasteiger partial charge in [-0.15, -0.1) is 0 Å². The van der Waals surface area contributed by atoms with Crippen molar-refractivity contribution in [3.05, 3.63) is 0 Å². The third-order valence-electron chi connectivity index (χ3n) is 3.52. The number of amides is 1. The zero-order valence-electron chi connectivity index (χ0n) is 11.6. The van der Waals surface area contributed by atoms with Crippen LogP contribution in [0.25, 0.3) is 0 Å². The van der Waals surface area contributed by atoms with E-state index in [0.29, 0.717) is 6.04 Å². The van der Waals surface area contributed by atoms with Crippen molar-refractivity contribution in [1.29, 1.82) is 0 Å². The Morgan fingerprint density at radius 1 is 1.41 bits per heavy atom. The van der Waals surface area contributed by atoms with Crippen LogP contribution in [0.1, 0.15) is 40.0 Å². The van der Waals surface area contributed by atoms with Crippen molar-refractivity contribution in [2.24, 2.45) is 0 Å². The van der Waals surface area contributed by atoms with Crippen molar-refractivity contribution in [3.63, 3.8) is 0 Å². The number of methoxy groups -OCH3 is 1. The van der Waals surface area contributed by atoms with Gasteiger partial charge in [-0.3, -0.25) is 4.79 Å². The standard InChI is InChI=1S/C13H26N2O2/c1-5-8-15-9-6-11(7-10-15)14-12(16)13(2,3)17-4/h11H,5-10H2,1-4H3,(H,14,16). The van der Waals surface area contributed by atoms with Crippen LogP contribution in [0.15, 0.2) is 0 Å². The van der Waals surface area contributed by atoms with Crippen LogP contribution in [0.2, 0.25) is 0 Å². The number of carbonyl (C=O) groups excluding carboxylic acids is 1. The molecule has 0 saturated carbocycles. The average molecular weight is 242 g/mol. The first-order chi connectivity index (χ1) is 7.99. The lowest BCUT2D eigenvalue weighted by Gasteiger charge is -2.33. The van der Waals surface area contributed by atoms with Gasteiger partial charge in [-0.1, -0.05) is 6.92 Å². The van der Waals surface area contributed by atoms with E-state index in [2.05, 4.69) is 17.1 Å². The molecular formula is C13H26N2O2. The van der Waals surface area contributed by atoms with Gasteiger partial charge in [-0.05, 0) is 39.7 Å². The van der Waals surface area contributed by atoms with Crippen LogP contribution in [0.3, 0.4) is 0 Å². The van der Waals surface area contributed by atoms with Crippen LogP contribution in [-0.2, 0) is 9.53 Å². The van der Waals surface area contributed by atoms with E-state index in [0.717, 1.165) is 25.9 Å². The monoisotopic (exact) mass is 242 g/mol. The van der Waals surface area contributed by atoms with Crippen LogP contribution >= 0.6 is 0 Å². The number of hydrogen-bond acceptors (Lipinski definition) is 3. The summed E-state index contributed by atoms with van der Waals surface area (Å²) < 4.78 is 5.18. The van der Waals surface area contributed by atoms with E-state index in [-0.39, 0.29) is 5.91 Å². The molecule has 0 spiro atoms. The van der Waals surface area contributed by atoms with E-state index < -0.39 is 5.60 Å². The largest absolute Gasteiger partial charge is 0.369 e. The first-order valence-corrected chi connectivity index (χ1v) is 6.58. The molecule has 0 aromatic carbocycles. The molecule has 0 atom stereocenters. The maximum Gasteiger partial charge on any atom is 0.251 e. The first-order valence-electron chi connectivity index (χ1n) is 6.58. The van der Waals surface area contributed by atoms with E-state index in [1.807, 2.05) is 0 Å². The lowest BCUT2D eigenvalue weighted by Crippen LogP contribution is -2.51. The summed E-state index contributed by atoms with van der Waals surface area (Å²) >= 11 is 0. The third kappa shape index (κ3) is 4.28. The Balaban J connectivity index is 2.33. The fourth-order valence-corrected chi connectivity index (χ4v) is 2.07. The number of nitrogens with one attached hydrogen (secondary N) is 1. The Bertz CT molecular complexity index is 246. The average Bonchev–Trinajstić information content (AvgIpc) is 2.32. The Morgan fingerprint density at radius 3 is 2.47 bits per heavy atom. The van der Waals surface area contributed by atoms with Crippen molar-refractivity contribution in [1.82, 2.24) is 10.2 Å². The molecule has 0 radical (unpaired) electrons. The number of hydrogen-bond donors (Lipinski definition) is 1. The summed E-state index contributed by atoms with van der Waals surface area (Å²) in [5.74, 6) is -0.00561. The van der Waals surface area contributed by atoms with Gasteiger partial charge in [0.2, 0.25) is 0 Å². The SMILES string of the molecule is CCCN1CCC(NC(=O)C(C)(C)OC)CC1. The number of likely N-dealkylation sites (tertiary alicyclic amines) is 1. The summed E-state index contributed by atoms with van der Waals surface area (Å²) in [7, 11) is 1.57. The molecule has 1 heterocycles. The molecule has 4 heteroatoms. The highest BCUT2D eigenvalue weighted by atomic mass is 16.5. The molecular weight excluding hydrogens is 216 g/mol. The highest BCUT2D eigenvalue weighted by Gasteiger charge is 2.29. The minimum Gasteiger partial charge on any atom is -0.369 e. The van der Waals surface area contributed by atoms with Gasteiger partial charge < -0.3 is 15.0 Å². The molecule has 0 aromatic rings. The summed E-state index contributed by atoms with van der Waals surface area (Å²) in [4.78, 5) is 14.4. The summed E-state index contributed by atoms with van der Waals surface area (Å²) in [6.07, 6.45) is 3.30. The molecule has 1 aliphatic rings. The minimum absolute atomic E-state index is 0.00561. The molecule has 1 fully saturated rings. The van der Waals surface area contributed by atoms with Gasteiger partial charge in [0.25, 0.3) is 5.91 Å². The van der Waals surface area contributed by atoms with E-state index in [1.165, 1.54) is 13.0 Å². The van der Waals surface area contributed by atoms with Crippen molar-refractivity contribution in [3.8, 4) is 0 Å². The van der Waals surface area contributed by atoms with Crippen molar-refractivity contribution in [2.45, 2.75) is 51.7 Å². The number of rotatable bonds is 5. The molecule has 1 rings (SSSR count). The summed E-state index contributed by atoms with van der Waals surface area (Å²) in [6.45, 7) is 9.15. The van der Waals surface area contributed by atoms with Gasteiger partial charge in [0.15, 0.2) is 0 Å². The number of nitrogens with zero attached hydrogens (tertiary/aromatic N) is 1. The Kier molecular flexibility index (Phi) is 5.40. The van der Waals surface area contributed by atoms with Crippen molar-refractivity contribution >= 4 is 5.91 Å².